The SMILES string of the molecule is CC(=O)c1c(OCc2ccccc2)cc(OCc2ccccc2)c(C2OC(COCc3ccccc3)C(OCc3ccccc3)C(OCc3ccccc3)C2OCc2ccccc2)c1O. The van der Waals surface area contributed by atoms with Crippen molar-refractivity contribution in [1.82, 2.24) is 0 Å². The maximum absolute atomic E-state index is 13.7. The molecule has 65 heavy (non-hydrogen) atoms. The summed E-state index contributed by atoms with van der Waals surface area (Å²) in [6.45, 7) is 2.77. The van der Waals surface area contributed by atoms with Gasteiger partial charge in [-0.05, 0) is 40.3 Å². The van der Waals surface area contributed by atoms with Crippen LogP contribution in [0.1, 0.15) is 62.3 Å². The molecule has 7 aromatic carbocycles. The van der Waals surface area contributed by atoms with Crippen molar-refractivity contribution in [2.45, 2.75) is 77.1 Å². The van der Waals surface area contributed by atoms with Crippen LogP contribution in [0.4, 0.5) is 0 Å². The van der Waals surface area contributed by atoms with Crippen molar-refractivity contribution in [3.63, 3.8) is 0 Å². The van der Waals surface area contributed by atoms with E-state index in [2.05, 4.69) is 0 Å². The molecule has 0 aliphatic carbocycles. The Balaban J connectivity index is 1.26. The number of ether oxygens (including phenoxy) is 7. The number of phenols is 1. The largest absolute Gasteiger partial charge is 0.507 e. The molecule has 8 rings (SSSR count). The lowest BCUT2D eigenvalue weighted by molar-refractivity contribution is -0.275. The number of carbonyl (C=O) groups excluding carboxylic acids is 1. The van der Waals surface area contributed by atoms with E-state index in [-0.39, 0.29) is 68.0 Å². The van der Waals surface area contributed by atoms with Gasteiger partial charge in [0.05, 0.1) is 38.6 Å². The topological polar surface area (TPSA) is 102 Å². The van der Waals surface area contributed by atoms with Crippen LogP contribution in [0.25, 0.3) is 0 Å². The van der Waals surface area contributed by atoms with Crippen LogP contribution >= 0.6 is 0 Å². The first kappa shape index (κ1) is 45.0. The normalized spacial score (nSPS) is 18.2. The monoisotopic (exact) mass is 870 g/mol. The van der Waals surface area contributed by atoms with Gasteiger partial charge in [0.15, 0.2) is 5.78 Å². The van der Waals surface area contributed by atoms with Gasteiger partial charge in [0.25, 0.3) is 0 Å². The van der Waals surface area contributed by atoms with Gasteiger partial charge in [0.1, 0.15) is 66.5 Å². The van der Waals surface area contributed by atoms with Crippen molar-refractivity contribution < 1.29 is 43.1 Å². The van der Waals surface area contributed by atoms with Gasteiger partial charge in [-0.25, -0.2) is 0 Å². The molecule has 1 N–H and O–H groups in total. The molecule has 0 spiro atoms. The van der Waals surface area contributed by atoms with Crippen LogP contribution < -0.4 is 9.47 Å². The first-order valence-electron chi connectivity index (χ1n) is 22.0. The van der Waals surface area contributed by atoms with Crippen LogP contribution in [-0.2, 0) is 63.3 Å². The Labute approximate surface area is 381 Å². The highest BCUT2D eigenvalue weighted by atomic mass is 16.6. The second kappa shape index (κ2) is 22.9. The van der Waals surface area contributed by atoms with Crippen molar-refractivity contribution in [3.05, 3.63) is 233 Å². The van der Waals surface area contributed by atoms with Gasteiger partial charge in [0, 0.05) is 6.07 Å². The summed E-state index contributed by atoms with van der Waals surface area (Å²) in [5.41, 5.74) is 5.83. The third-order valence-corrected chi connectivity index (χ3v) is 11.3. The first-order chi connectivity index (χ1) is 32.0. The lowest BCUT2D eigenvalue weighted by atomic mass is 9.88. The molecular weight excluding hydrogens is 817 g/mol. The lowest BCUT2D eigenvalue weighted by Gasteiger charge is -2.46. The molecule has 1 aliphatic heterocycles. The van der Waals surface area contributed by atoms with Crippen molar-refractivity contribution in [1.29, 1.82) is 0 Å². The Morgan fingerprint density at radius 3 is 1.28 bits per heavy atom. The molecule has 0 saturated carbocycles. The molecule has 5 atom stereocenters. The molecule has 9 heteroatoms. The van der Waals surface area contributed by atoms with Gasteiger partial charge in [-0.15, -0.1) is 0 Å². The molecule has 1 saturated heterocycles. The molecule has 1 heterocycles. The minimum Gasteiger partial charge on any atom is -0.507 e. The van der Waals surface area contributed by atoms with E-state index >= 15 is 0 Å². The number of Topliss-reactive ketones (excluding diaryl/α,β-unsaturated/α-hetero) is 1. The Morgan fingerprint density at radius 1 is 0.477 bits per heavy atom. The number of benzene rings is 7. The number of aromatic hydroxyl groups is 1. The molecule has 332 valence electrons. The van der Waals surface area contributed by atoms with Crippen LogP contribution in [0.15, 0.2) is 188 Å². The van der Waals surface area contributed by atoms with Gasteiger partial charge in [-0.3, -0.25) is 4.79 Å². The summed E-state index contributed by atoms with van der Waals surface area (Å²) in [5, 5.41) is 12.7. The molecule has 5 unspecified atom stereocenters. The molecule has 1 aliphatic rings. The highest BCUT2D eigenvalue weighted by Gasteiger charge is 2.51. The van der Waals surface area contributed by atoms with Gasteiger partial charge >= 0.3 is 0 Å². The van der Waals surface area contributed by atoms with E-state index in [1.807, 2.05) is 182 Å². The smallest absolute Gasteiger partial charge is 0.167 e. The van der Waals surface area contributed by atoms with Gasteiger partial charge < -0.3 is 38.3 Å². The van der Waals surface area contributed by atoms with E-state index in [0.29, 0.717) is 6.61 Å². The number of hydrogen-bond donors (Lipinski definition) is 1. The molecule has 0 radical (unpaired) electrons. The molecular formula is C56H54O9. The highest BCUT2D eigenvalue weighted by molar-refractivity contribution is 6.00. The minimum absolute atomic E-state index is 0.00511. The zero-order valence-corrected chi connectivity index (χ0v) is 36.4. The van der Waals surface area contributed by atoms with Crippen molar-refractivity contribution in [3.8, 4) is 17.2 Å². The third-order valence-electron chi connectivity index (χ3n) is 11.3. The summed E-state index contributed by atoms with van der Waals surface area (Å²) in [6.07, 6.45) is -4.30. The first-order valence-corrected chi connectivity index (χ1v) is 22.0. The fourth-order valence-electron chi connectivity index (χ4n) is 7.98. The average Bonchev–Trinajstić information content (AvgIpc) is 3.35. The summed E-state index contributed by atoms with van der Waals surface area (Å²) in [6, 6.07) is 60.6. The van der Waals surface area contributed by atoms with E-state index in [0.717, 1.165) is 33.4 Å². The molecule has 1 fully saturated rings. The summed E-state index contributed by atoms with van der Waals surface area (Å²) >= 11 is 0. The van der Waals surface area contributed by atoms with Crippen LogP contribution in [0, 0.1) is 0 Å². The summed E-state index contributed by atoms with van der Waals surface area (Å²) < 4.78 is 47.6. The van der Waals surface area contributed by atoms with E-state index in [1.165, 1.54) is 6.92 Å². The molecule has 0 bridgehead atoms. The average molecular weight is 871 g/mol. The van der Waals surface area contributed by atoms with Gasteiger partial charge in [-0.1, -0.05) is 182 Å². The Hall–Kier alpha value is -6.59. The van der Waals surface area contributed by atoms with E-state index in [4.69, 9.17) is 33.2 Å². The third kappa shape index (κ3) is 12.2. The van der Waals surface area contributed by atoms with Crippen LogP contribution in [0.2, 0.25) is 0 Å². The summed E-state index contributed by atoms with van der Waals surface area (Å²) in [7, 11) is 0. The highest BCUT2D eigenvalue weighted by Crippen LogP contribution is 2.49. The number of hydrogen-bond acceptors (Lipinski definition) is 9. The van der Waals surface area contributed by atoms with Crippen LogP contribution in [-0.4, -0.2) is 41.9 Å². The lowest BCUT2D eigenvalue weighted by Crippen LogP contribution is -2.58. The number of phenolic OH excluding ortho intramolecular Hbond substituents is 1. The van der Waals surface area contributed by atoms with Crippen molar-refractivity contribution in [2.75, 3.05) is 6.61 Å². The summed E-state index contributed by atoms with van der Waals surface area (Å²) in [5.74, 6) is -0.305. The Morgan fingerprint density at radius 2 is 0.846 bits per heavy atom. The van der Waals surface area contributed by atoms with Crippen LogP contribution in [0.5, 0.6) is 17.2 Å². The van der Waals surface area contributed by atoms with E-state index in [1.54, 1.807) is 6.07 Å². The number of ketones is 1. The second-order valence-electron chi connectivity index (χ2n) is 16.0. The molecule has 0 amide bonds. The predicted molar refractivity (Wildman–Crippen MR) is 248 cm³/mol. The van der Waals surface area contributed by atoms with Crippen LogP contribution in [0.3, 0.4) is 0 Å². The standard InChI is InChI=1S/C56H54O9/c1-40(57)50-47(60-34-42-22-10-3-11-23-42)32-48(61-35-43-24-12-4-13-25-43)51(52(50)58)54-56(64-38-46-30-18-7-19-31-46)55(63-37-45-28-16-6-17-29-45)53(62-36-44-26-14-5-15-27-44)49(65-54)39-59-33-41-20-8-2-9-21-41/h2-32,49,53-56,58H,33-39H2,1H3. The minimum atomic E-state index is -1.08. The number of carbonyl (C=O) groups is 1. The fraction of sp³-hybridized carbons (Fsp3) is 0.232. The van der Waals surface area contributed by atoms with Gasteiger partial charge in [-0.2, -0.15) is 0 Å². The van der Waals surface area contributed by atoms with Crippen molar-refractivity contribution >= 4 is 5.78 Å². The maximum atomic E-state index is 13.7. The Kier molecular flexibility index (Phi) is 15.8. The zero-order valence-electron chi connectivity index (χ0n) is 36.4. The maximum Gasteiger partial charge on any atom is 0.167 e. The summed E-state index contributed by atoms with van der Waals surface area (Å²) in [4.78, 5) is 13.7. The fourth-order valence-corrected chi connectivity index (χ4v) is 7.98. The quantitative estimate of drug-likeness (QED) is 0.0707. The molecule has 0 aromatic heterocycles. The molecule has 9 nitrogen and oxygen atoms in total. The zero-order chi connectivity index (χ0) is 44.6. The second-order valence-corrected chi connectivity index (χ2v) is 16.0. The predicted octanol–water partition coefficient (Wildman–Crippen LogP) is 11.2. The molecule has 7 aromatic rings. The Bertz CT molecular complexity index is 2510. The number of rotatable bonds is 21. The van der Waals surface area contributed by atoms with Gasteiger partial charge in [0.2, 0.25) is 0 Å². The van der Waals surface area contributed by atoms with Crippen molar-refractivity contribution in [2.24, 2.45) is 0 Å². The van der Waals surface area contributed by atoms with E-state index < -0.39 is 36.3 Å². The van der Waals surface area contributed by atoms with E-state index in [9.17, 15) is 9.90 Å².